The standard InChI is InChI=1S/C14H17ClN4O/c1-3-19-13(12(16)8-17-19)14(20)18(2)9-10-6-4-5-7-11(10)15/h4-8H,3,9,16H2,1-2H3. The van der Waals surface area contributed by atoms with Gasteiger partial charge in [-0.05, 0) is 18.6 Å². The van der Waals surface area contributed by atoms with E-state index in [0.29, 0.717) is 29.5 Å². The molecule has 2 aromatic rings. The highest BCUT2D eigenvalue weighted by molar-refractivity contribution is 6.31. The van der Waals surface area contributed by atoms with Crippen molar-refractivity contribution in [1.82, 2.24) is 14.7 Å². The van der Waals surface area contributed by atoms with Crippen molar-refractivity contribution >= 4 is 23.2 Å². The first kappa shape index (κ1) is 14.4. The molecule has 1 aromatic carbocycles. The smallest absolute Gasteiger partial charge is 0.274 e. The molecule has 0 aliphatic heterocycles. The lowest BCUT2D eigenvalue weighted by Crippen LogP contribution is -2.29. The largest absolute Gasteiger partial charge is 0.396 e. The number of hydrogen-bond acceptors (Lipinski definition) is 3. The summed E-state index contributed by atoms with van der Waals surface area (Å²) in [5.41, 5.74) is 7.53. The van der Waals surface area contributed by atoms with Gasteiger partial charge in [-0.2, -0.15) is 5.10 Å². The lowest BCUT2D eigenvalue weighted by atomic mass is 10.2. The Kier molecular flexibility index (Phi) is 4.29. The number of amides is 1. The molecule has 106 valence electrons. The van der Waals surface area contributed by atoms with Crippen LogP contribution in [0.2, 0.25) is 5.02 Å². The van der Waals surface area contributed by atoms with Crippen LogP contribution in [0.4, 0.5) is 5.69 Å². The fourth-order valence-corrected chi connectivity index (χ4v) is 2.20. The van der Waals surface area contributed by atoms with E-state index >= 15 is 0 Å². The monoisotopic (exact) mass is 292 g/mol. The van der Waals surface area contributed by atoms with Gasteiger partial charge in [-0.15, -0.1) is 0 Å². The van der Waals surface area contributed by atoms with E-state index in [1.165, 1.54) is 6.20 Å². The Hall–Kier alpha value is -2.01. The molecule has 5 nitrogen and oxygen atoms in total. The summed E-state index contributed by atoms with van der Waals surface area (Å²) in [5, 5.41) is 4.72. The zero-order valence-electron chi connectivity index (χ0n) is 11.5. The summed E-state index contributed by atoms with van der Waals surface area (Å²) in [6.45, 7) is 2.93. The van der Waals surface area contributed by atoms with Crippen LogP contribution in [-0.4, -0.2) is 27.6 Å². The molecule has 2 rings (SSSR count). The van der Waals surface area contributed by atoms with Gasteiger partial charge < -0.3 is 10.6 Å². The topological polar surface area (TPSA) is 64.2 Å². The minimum absolute atomic E-state index is 0.165. The van der Waals surface area contributed by atoms with E-state index in [-0.39, 0.29) is 5.91 Å². The second-order valence-electron chi connectivity index (χ2n) is 4.52. The number of benzene rings is 1. The third kappa shape index (κ3) is 2.77. The molecule has 0 unspecified atom stereocenters. The summed E-state index contributed by atoms with van der Waals surface area (Å²) in [7, 11) is 1.72. The number of carbonyl (C=O) groups is 1. The van der Waals surface area contributed by atoms with Crippen molar-refractivity contribution in [2.75, 3.05) is 12.8 Å². The van der Waals surface area contributed by atoms with E-state index in [1.54, 1.807) is 22.7 Å². The minimum atomic E-state index is -0.165. The van der Waals surface area contributed by atoms with Gasteiger partial charge in [-0.25, -0.2) is 0 Å². The van der Waals surface area contributed by atoms with Crippen LogP contribution in [0.1, 0.15) is 23.0 Å². The summed E-state index contributed by atoms with van der Waals surface area (Å²) < 4.78 is 1.60. The second kappa shape index (κ2) is 5.96. The Balaban J connectivity index is 2.21. The molecule has 0 radical (unpaired) electrons. The average Bonchev–Trinajstić information content (AvgIpc) is 2.81. The van der Waals surface area contributed by atoms with Gasteiger partial charge in [0.05, 0.1) is 11.9 Å². The lowest BCUT2D eigenvalue weighted by molar-refractivity contribution is 0.0774. The molecule has 20 heavy (non-hydrogen) atoms. The van der Waals surface area contributed by atoms with Crippen molar-refractivity contribution in [3.05, 3.63) is 46.7 Å². The number of hydrogen-bond donors (Lipinski definition) is 1. The van der Waals surface area contributed by atoms with Gasteiger partial charge in [0, 0.05) is 25.2 Å². The van der Waals surface area contributed by atoms with Crippen molar-refractivity contribution in [2.45, 2.75) is 20.0 Å². The predicted molar refractivity (Wildman–Crippen MR) is 79.6 cm³/mol. The number of aryl methyl sites for hydroxylation is 1. The summed E-state index contributed by atoms with van der Waals surface area (Å²) >= 11 is 6.11. The molecule has 0 atom stereocenters. The van der Waals surface area contributed by atoms with E-state index in [4.69, 9.17) is 17.3 Å². The van der Waals surface area contributed by atoms with Crippen molar-refractivity contribution in [2.24, 2.45) is 0 Å². The second-order valence-corrected chi connectivity index (χ2v) is 4.92. The van der Waals surface area contributed by atoms with Crippen molar-refractivity contribution in [3.63, 3.8) is 0 Å². The van der Waals surface area contributed by atoms with Gasteiger partial charge in [-0.1, -0.05) is 29.8 Å². The van der Waals surface area contributed by atoms with Crippen LogP contribution in [0.5, 0.6) is 0 Å². The normalized spacial score (nSPS) is 10.6. The van der Waals surface area contributed by atoms with Crippen LogP contribution >= 0.6 is 11.6 Å². The molecule has 2 N–H and O–H groups in total. The molecular formula is C14H17ClN4O. The van der Waals surface area contributed by atoms with Crippen molar-refractivity contribution in [3.8, 4) is 0 Å². The van der Waals surface area contributed by atoms with Crippen LogP contribution in [0.25, 0.3) is 0 Å². The van der Waals surface area contributed by atoms with Gasteiger partial charge in [0.25, 0.3) is 5.91 Å². The number of rotatable bonds is 4. The van der Waals surface area contributed by atoms with Gasteiger partial charge in [0.2, 0.25) is 0 Å². The number of nitrogen functional groups attached to an aromatic ring is 1. The lowest BCUT2D eigenvalue weighted by Gasteiger charge is -2.18. The Morgan fingerprint density at radius 2 is 2.15 bits per heavy atom. The maximum atomic E-state index is 12.5. The Bertz CT molecular complexity index is 623. The molecule has 1 amide bonds. The summed E-state index contributed by atoms with van der Waals surface area (Å²) in [4.78, 5) is 14.0. The molecule has 1 heterocycles. The Morgan fingerprint density at radius 1 is 1.45 bits per heavy atom. The van der Waals surface area contributed by atoms with E-state index < -0.39 is 0 Å². The van der Waals surface area contributed by atoms with Gasteiger partial charge in [-0.3, -0.25) is 9.48 Å². The molecule has 0 fully saturated rings. The highest BCUT2D eigenvalue weighted by Gasteiger charge is 2.20. The molecule has 0 spiro atoms. The first-order valence-corrected chi connectivity index (χ1v) is 6.72. The number of nitrogens with zero attached hydrogens (tertiary/aromatic N) is 3. The zero-order valence-corrected chi connectivity index (χ0v) is 12.3. The minimum Gasteiger partial charge on any atom is -0.396 e. The summed E-state index contributed by atoms with van der Waals surface area (Å²) in [6.07, 6.45) is 1.50. The number of anilines is 1. The van der Waals surface area contributed by atoms with Crippen LogP contribution < -0.4 is 5.73 Å². The van der Waals surface area contributed by atoms with E-state index in [9.17, 15) is 4.79 Å². The quantitative estimate of drug-likeness (QED) is 0.941. The molecule has 0 bridgehead atoms. The maximum Gasteiger partial charge on any atom is 0.274 e. The van der Waals surface area contributed by atoms with Gasteiger partial charge >= 0.3 is 0 Å². The van der Waals surface area contributed by atoms with E-state index in [1.807, 2.05) is 25.1 Å². The summed E-state index contributed by atoms with van der Waals surface area (Å²) in [5.74, 6) is -0.165. The highest BCUT2D eigenvalue weighted by atomic mass is 35.5. The maximum absolute atomic E-state index is 12.5. The highest BCUT2D eigenvalue weighted by Crippen LogP contribution is 2.19. The van der Waals surface area contributed by atoms with Gasteiger partial charge in [0.1, 0.15) is 5.69 Å². The van der Waals surface area contributed by atoms with Crippen LogP contribution in [0.3, 0.4) is 0 Å². The van der Waals surface area contributed by atoms with E-state index in [0.717, 1.165) is 5.56 Å². The molecule has 0 aliphatic rings. The predicted octanol–water partition coefficient (Wildman–Crippen LogP) is 2.41. The average molecular weight is 293 g/mol. The number of aromatic nitrogens is 2. The van der Waals surface area contributed by atoms with Crippen molar-refractivity contribution in [1.29, 1.82) is 0 Å². The third-order valence-electron chi connectivity index (χ3n) is 3.08. The summed E-state index contributed by atoms with van der Waals surface area (Å²) in [6, 6.07) is 7.45. The molecule has 0 saturated heterocycles. The number of carbonyl (C=O) groups excluding carboxylic acids is 1. The third-order valence-corrected chi connectivity index (χ3v) is 3.45. The number of nitrogens with two attached hydrogens (primary N) is 1. The molecule has 6 heteroatoms. The van der Waals surface area contributed by atoms with Gasteiger partial charge in [0.15, 0.2) is 0 Å². The van der Waals surface area contributed by atoms with E-state index in [2.05, 4.69) is 5.10 Å². The van der Waals surface area contributed by atoms with Crippen molar-refractivity contribution < 1.29 is 4.79 Å². The molecule has 0 saturated carbocycles. The SMILES string of the molecule is CCn1ncc(N)c1C(=O)N(C)Cc1ccccc1Cl. The number of halogens is 1. The molecule has 1 aromatic heterocycles. The first-order valence-electron chi connectivity index (χ1n) is 6.34. The zero-order chi connectivity index (χ0) is 14.7. The first-order chi connectivity index (χ1) is 9.54. The van der Waals surface area contributed by atoms with Crippen LogP contribution in [0, 0.1) is 0 Å². The molecular weight excluding hydrogens is 276 g/mol. The fraction of sp³-hybridized carbons (Fsp3) is 0.286. The molecule has 0 aliphatic carbocycles. The Morgan fingerprint density at radius 3 is 2.80 bits per heavy atom. The fourth-order valence-electron chi connectivity index (χ4n) is 2.01. The van der Waals surface area contributed by atoms with Crippen LogP contribution in [-0.2, 0) is 13.1 Å². The Labute approximate surface area is 122 Å². The van der Waals surface area contributed by atoms with Crippen LogP contribution in [0.15, 0.2) is 30.5 Å².